The first-order chi connectivity index (χ1) is 7.06. The molecule has 15 heavy (non-hydrogen) atoms. The zero-order valence-electron chi connectivity index (χ0n) is 9.05. The van der Waals surface area contributed by atoms with Gasteiger partial charge in [-0.15, -0.1) is 0 Å². The molecule has 0 amide bonds. The Morgan fingerprint density at radius 2 is 2.20 bits per heavy atom. The van der Waals surface area contributed by atoms with Gasteiger partial charge in [-0.05, 0) is 12.3 Å². The first kappa shape index (κ1) is 12.9. The van der Waals surface area contributed by atoms with Crippen molar-refractivity contribution in [3.05, 3.63) is 0 Å². The zero-order chi connectivity index (χ0) is 11.3. The summed E-state index contributed by atoms with van der Waals surface area (Å²) in [6, 6.07) is 0. The van der Waals surface area contributed by atoms with Gasteiger partial charge in [-0.1, -0.05) is 6.92 Å². The molecule has 1 unspecified atom stereocenters. The fourth-order valence-corrected chi connectivity index (χ4v) is 3.64. The summed E-state index contributed by atoms with van der Waals surface area (Å²) in [7, 11) is -3.00. The Kier molecular flexibility index (Phi) is 4.98. The normalized spacial score (nSPS) is 25.9. The van der Waals surface area contributed by atoms with Crippen LogP contribution in [0.3, 0.4) is 0 Å². The lowest BCUT2D eigenvalue weighted by molar-refractivity contribution is 0.0884. The molecular formula is C9H19NO4S. The molecule has 0 aliphatic carbocycles. The zero-order valence-corrected chi connectivity index (χ0v) is 9.87. The molecule has 0 spiro atoms. The fourth-order valence-electron chi connectivity index (χ4n) is 1.72. The molecule has 1 N–H and O–H groups in total. The number of ether oxygens (including phenoxy) is 1. The second-order valence-corrected chi connectivity index (χ2v) is 5.94. The van der Waals surface area contributed by atoms with Gasteiger partial charge in [0.2, 0.25) is 10.0 Å². The Morgan fingerprint density at radius 1 is 1.47 bits per heavy atom. The van der Waals surface area contributed by atoms with Crippen molar-refractivity contribution >= 4 is 10.0 Å². The van der Waals surface area contributed by atoms with E-state index in [-0.39, 0.29) is 18.3 Å². The van der Waals surface area contributed by atoms with Crippen LogP contribution in [0, 0.1) is 5.92 Å². The standard InChI is InChI=1S/C9H19NO4S/c1-9-7-10(15(12,13)8-9)3-2-5-14-6-4-11/h9,11H,2-8H2,1H3. The number of sulfonamides is 1. The molecule has 0 radical (unpaired) electrons. The summed E-state index contributed by atoms with van der Waals surface area (Å²) in [6.07, 6.45) is 0.686. The van der Waals surface area contributed by atoms with Gasteiger partial charge in [0, 0.05) is 19.7 Å². The van der Waals surface area contributed by atoms with Crippen molar-refractivity contribution in [3.63, 3.8) is 0 Å². The van der Waals surface area contributed by atoms with E-state index >= 15 is 0 Å². The monoisotopic (exact) mass is 237 g/mol. The summed E-state index contributed by atoms with van der Waals surface area (Å²) < 4.78 is 29.7. The summed E-state index contributed by atoms with van der Waals surface area (Å²) in [5, 5.41) is 8.46. The predicted molar refractivity (Wildman–Crippen MR) is 57.0 cm³/mol. The first-order valence-electron chi connectivity index (χ1n) is 5.22. The topological polar surface area (TPSA) is 66.8 Å². The number of aliphatic hydroxyl groups is 1. The molecule has 0 aromatic rings. The maximum atomic E-state index is 11.5. The van der Waals surface area contributed by atoms with Crippen LogP contribution in [0.15, 0.2) is 0 Å². The second kappa shape index (κ2) is 5.79. The van der Waals surface area contributed by atoms with Gasteiger partial charge in [0.05, 0.1) is 19.0 Å². The molecule has 0 aromatic heterocycles. The van der Waals surface area contributed by atoms with Crippen LogP contribution >= 0.6 is 0 Å². The van der Waals surface area contributed by atoms with Crippen molar-refractivity contribution in [2.24, 2.45) is 5.92 Å². The predicted octanol–water partition coefficient (Wildman–Crippen LogP) is -0.333. The molecule has 1 rings (SSSR count). The number of rotatable bonds is 6. The summed E-state index contributed by atoms with van der Waals surface area (Å²) in [5.41, 5.74) is 0. The molecule has 90 valence electrons. The minimum absolute atomic E-state index is 0.0129. The van der Waals surface area contributed by atoms with Crippen molar-refractivity contribution in [1.82, 2.24) is 4.31 Å². The van der Waals surface area contributed by atoms with Crippen LogP contribution in [-0.2, 0) is 14.8 Å². The number of hydrogen-bond acceptors (Lipinski definition) is 4. The van der Waals surface area contributed by atoms with Gasteiger partial charge in [-0.2, -0.15) is 0 Å². The van der Waals surface area contributed by atoms with Crippen molar-refractivity contribution in [2.45, 2.75) is 13.3 Å². The van der Waals surface area contributed by atoms with Gasteiger partial charge >= 0.3 is 0 Å². The lowest BCUT2D eigenvalue weighted by atomic mass is 10.2. The average Bonchev–Trinajstić information content (AvgIpc) is 2.39. The average molecular weight is 237 g/mol. The summed E-state index contributed by atoms with van der Waals surface area (Å²) >= 11 is 0. The second-order valence-electron chi connectivity index (χ2n) is 3.93. The van der Waals surface area contributed by atoms with Crippen LogP contribution in [-0.4, -0.2) is 56.5 Å². The third-order valence-corrected chi connectivity index (χ3v) is 4.44. The quantitative estimate of drug-likeness (QED) is 0.642. The molecule has 1 aliphatic rings. The smallest absolute Gasteiger partial charge is 0.214 e. The lowest BCUT2D eigenvalue weighted by Gasteiger charge is -2.13. The van der Waals surface area contributed by atoms with E-state index in [1.165, 1.54) is 4.31 Å². The minimum atomic E-state index is -3.00. The van der Waals surface area contributed by atoms with Gasteiger partial charge in [0.25, 0.3) is 0 Å². The van der Waals surface area contributed by atoms with Gasteiger partial charge in [0.1, 0.15) is 0 Å². The van der Waals surface area contributed by atoms with Crippen LogP contribution < -0.4 is 0 Å². The molecule has 0 aromatic carbocycles. The van der Waals surface area contributed by atoms with E-state index in [4.69, 9.17) is 9.84 Å². The highest BCUT2D eigenvalue weighted by atomic mass is 32.2. The van der Waals surface area contributed by atoms with Crippen LogP contribution in [0.4, 0.5) is 0 Å². The molecule has 1 heterocycles. The van der Waals surface area contributed by atoms with Gasteiger partial charge in [-0.25, -0.2) is 12.7 Å². The highest BCUT2D eigenvalue weighted by Crippen LogP contribution is 2.18. The van der Waals surface area contributed by atoms with E-state index in [1.54, 1.807) is 0 Å². The molecular weight excluding hydrogens is 218 g/mol. The van der Waals surface area contributed by atoms with Gasteiger partial charge in [-0.3, -0.25) is 0 Å². The van der Waals surface area contributed by atoms with Crippen LogP contribution in [0.5, 0.6) is 0 Å². The Balaban J connectivity index is 2.21. The van der Waals surface area contributed by atoms with E-state index in [1.807, 2.05) is 6.92 Å². The van der Waals surface area contributed by atoms with Crippen LogP contribution in [0.1, 0.15) is 13.3 Å². The summed E-state index contributed by atoms with van der Waals surface area (Å²) in [5.74, 6) is 0.498. The SMILES string of the molecule is CC1CN(CCCOCCO)S(=O)(=O)C1. The fraction of sp³-hybridized carbons (Fsp3) is 1.00. The molecule has 1 atom stereocenters. The molecule has 5 nitrogen and oxygen atoms in total. The lowest BCUT2D eigenvalue weighted by Crippen LogP contribution is -2.27. The Hall–Kier alpha value is -0.170. The summed E-state index contributed by atoms with van der Waals surface area (Å²) in [6.45, 7) is 3.93. The van der Waals surface area contributed by atoms with Crippen LogP contribution in [0.25, 0.3) is 0 Å². The van der Waals surface area contributed by atoms with Crippen molar-refractivity contribution in [1.29, 1.82) is 0 Å². The number of nitrogens with zero attached hydrogens (tertiary/aromatic N) is 1. The van der Waals surface area contributed by atoms with E-state index < -0.39 is 10.0 Å². The van der Waals surface area contributed by atoms with Crippen molar-refractivity contribution in [2.75, 3.05) is 38.7 Å². The Morgan fingerprint density at radius 3 is 2.73 bits per heavy atom. The van der Waals surface area contributed by atoms with E-state index in [0.717, 1.165) is 0 Å². The van der Waals surface area contributed by atoms with Gasteiger partial charge < -0.3 is 9.84 Å². The number of aliphatic hydroxyl groups excluding tert-OH is 1. The Labute approximate surface area is 91.1 Å². The van der Waals surface area contributed by atoms with E-state index in [2.05, 4.69) is 0 Å². The van der Waals surface area contributed by atoms with Crippen LogP contribution in [0.2, 0.25) is 0 Å². The highest BCUT2D eigenvalue weighted by Gasteiger charge is 2.32. The molecule has 1 fully saturated rings. The minimum Gasteiger partial charge on any atom is -0.394 e. The molecule has 6 heteroatoms. The molecule has 0 saturated carbocycles. The van der Waals surface area contributed by atoms with E-state index in [9.17, 15) is 8.42 Å². The Bertz CT molecular complexity index is 278. The maximum absolute atomic E-state index is 11.5. The maximum Gasteiger partial charge on any atom is 0.214 e. The third kappa shape index (κ3) is 4.06. The molecule has 1 aliphatic heterocycles. The first-order valence-corrected chi connectivity index (χ1v) is 6.83. The molecule has 1 saturated heterocycles. The third-order valence-electron chi connectivity index (χ3n) is 2.34. The largest absolute Gasteiger partial charge is 0.394 e. The van der Waals surface area contributed by atoms with Gasteiger partial charge in [0.15, 0.2) is 0 Å². The number of hydrogen-bond donors (Lipinski definition) is 1. The summed E-state index contributed by atoms with van der Waals surface area (Å²) in [4.78, 5) is 0. The van der Waals surface area contributed by atoms with E-state index in [0.29, 0.717) is 32.7 Å². The highest BCUT2D eigenvalue weighted by molar-refractivity contribution is 7.89. The van der Waals surface area contributed by atoms with Crippen molar-refractivity contribution in [3.8, 4) is 0 Å². The van der Waals surface area contributed by atoms with Crippen molar-refractivity contribution < 1.29 is 18.3 Å². The molecule has 0 bridgehead atoms.